The first-order valence-electron chi connectivity index (χ1n) is 11.0. The van der Waals surface area contributed by atoms with Gasteiger partial charge in [0.2, 0.25) is 15.8 Å². The number of nitrogens with zero attached hydrogens (tertiary/aromatic N) is 4. The van der Waals surface area contributed by atoms with Gasteiger partial charge in [0.25, 0.3) is 0 Å². The minimum atomic E-state index is -4.81. The normalized spacial score (nSPS) is 22.2. The summed E-state index contributed by atoms with van der Waals surface area (Å²) in [5, 5.41) is 0. The summed E-state index contributed by atoms with van der Waals surface area (Å²) in [4.78, 5) is 10.0. The van der Waals surface area contributed by atoms with Gasteiger partial charge in [-0.25, -0.2) is 22.8 Å². The highest BCUT2D eigenvalue weighted by atomic mass is 32.2. The van der Waals surface area contributed by atoms with Crippen molar-refractivity contribution in [2.75, 3.05) is 0 Å². The van der Waals surface area contributed by atoms with Crippen LogP contribution in [0.25, 0.3) is 11.3 Å². The molecule has 1 saturated carbocycles. The van der Waals surface area contributed by atoms with Gasteiger partial charge in [-0.2, -0.15) is 30.6 Å². The standard InChI is InChI=1S/C23H17F7N4O2S/c24-15-1-3-17(4-2-15)37(35,36)34-16-5-13(6-16)20(34)8-12-7-19(31-11-18(12)22(25,26)27)14-9-32-21(33-10-14)23(28,29)30/h1-4,7,9-11,13,16,20H,5-6,8H2. The van der Waals surface area contributed by atoms with Crippen molar-refractivity contribution in [3.8, 4) is 11.3 Å². The third kappa shape index (κ3) is 4.67. The lowest BCUT2D eigenvalue weighted by Gasteiger charge is -2.26. The molecular weight excluding hydrogens is 529 g/mol. The number of hydrogen-bond donors (Lipinski definition) is 0. The van der Waals surface area contributed by atoms with E-state index in [1.54, 1.807) is 0 Å². The van der Waals surface area contributed by atoms with Gasteiger partial charge in [0.1, 0.15) is 5.82 Å². The van der Waals surface area contributed by atoms with Crippen LogP contribution in [0.4, 0.5) is 30.7 Å². The van der Waals surface area contributed by atoms with E-state index in [2.05, 4.69) is 15.0 Å². The second-order valence-corrected chi connectivity index (χ2v) is 10.8. The summed E-state index contributed by atoms with van der Waals surface area (Å²) in [6, 6.07) is 4.09. The maximum atomic E-state index is 13.8. The van der Waals surface area contributed by atoms with Crippen LogP contribution in [-0.4, -0.2) is 39.8 Å². The summed E-state index contributed by atoms with van der Waals surface area (Å²) in [7, 11) is -4.12. The van der Waals surface area contributed by atoms with Gasteiger partial charge in [0.15, 0.2) is 0 Å². The van der Waals surface area contributed by atoms with Gasteiger partial charge >= 0.3 is 12.4 Å². The molecule has 1 unspecified atom stereocenters. The monoisotopic (exact) mass is 546 g/mol. The van der Waals surface area contributed by atoms with Crippen LogP contribution in [0.3, 0.4) is 0 Å². The number of sulfonamides is 1. The Bertz CT molecular complexity index is 1420. The highest BCUT2D eigenvalue weighted by molar-refractivity contribution is 7.89. The Labute approximate surface area is 206 Å². The maximum Gasteiger partial charge on any atom is 0.451 e. The topological polar surface area (TPSA) is 76.1 Å². The Morgan fingerprint density at radius 1 is 0.892 bits per heavy atom. The summed E-state index contributed by atoms with van der Waals surface area (Å²) in [5.74, 6) is -2.21. The fraction of sp³-hybridized carbons (Fsp3) is 0.348. The Kier molecular flexibility index (Phi) is 6.01. The highest BCUT2D eigenvalue weighted by Crippen LogP contribution is 2.50. The average Bonchev–Trinajstić information content (AvgIpc) is 3.33. The van der Waals surface area contributed by atoms with E-state index >= 15 is 0 Å². The quantitative estimate of drug-likeness (QED) is 0.416. The highest BCUT2D eigenvalue weighted by Gasteiger charge is 2.55. The number of aromatic nitrogens is 3. The van der Waals surface area contributed by atoms with Crippen LogP contribution in [-0.2, 0) is 28.8 Å². The number of pyridine rings is 1. The zero-order valence-corrected chi connectivity index (χ0v) is 19.4. The molecule has 4 heterocycles. The fourth-order valence-electron chi connectivity index (χ4n) is 4.90. The minimum absolute atomic E-state index is 0.0329. The number of benzene rings is 1. The Morgan fingerprint density at radius 2 is 1.51 bits per heavy atom. The molecule has 1 aliphatic carbocycles. The van der Waals surface area contributed by atoms with Crippen molar-refractivity contribution in [2.45, 2.75) is 48.6 Å². The molecule has 0 amide bonds. The van der Waals surface area contributed by atoms with Gasteiger partial charge in [-0.1, -0.05) is 0 Å². The summed E-state index contributed by atoms with van der Waals surface area (Å²) in [5.41, 5.74) is -1.45. The zero-order valence-electron chi connectivity index (χ0n) is 18.6. The van der Waals surface area contributed by atoms with Crippen LogP contribution < -0.4 is 0 Å². The van der Waals surface area contributed by atoms with Crippen molar-refractivity contribution < 1.29 is 39.2 Å². The van der Waals surface area contributed by atoms with Crippen molar-refractivity contribution in [1.29, 1.82) is 0 Å². The number of rotatable bonds is 5. The van der Waals surface area contributed by atoms with Gasteiger partial charge in [0, 0.05) is 36.2 Å². The maximum absolute atomic E-state index is 13.8. The van der Waals surface area contributed by atoms with E-state index < -0.39 is 45.6 Å². The van der Waals surface area contributed by atoms with Gasteiger partial charge < -0.3 is 0 Å². The van der Waals surface area contributed by atoms with E-state index in [9.17, 15) is 39.2 Å². The number of alkyl halides is 6. The predicted octanol–water partition coefficient (Wildman–Crippen LogP) is 5.11. The van der Waals surface area contributed by atoms with E-state index in [4.69, 9.17) is 0 Å². The van der Waals surface area contributed by atoms with Gasteiger partial charge in [-0.05, 0) is 61.1 Å². The average molecular weight is 546 g/mol. The molecule has 196 valence electrons. The molecule has 6 rings (SSSR count). The molecule has 2 bridgehead atoms. The predicted molar refractivity (Wildman–Crippen MR) is 115 cm³/mol. The third-order valence-electron chi connectivity index (χ3n) is 6.69. The molecule has 1 aromatic carbocycles. The van der Waals surface area contributed by atoms with Crippen molar-refractivity contribution in [3.05, 3.63) is 71.7 Å². The lowest BCUT2D eigenvalue weighted by Crippen LogP contribution is -2.38. The molecule has 14 heteroatoms. The first-order chi connectivity index (χ1) is 17.2. The zero-order chi connectivity index (χ0) is 26.8. The Morgan fingerprint density at radius 3 is 2.08 bits per heavy atom. The molecule has 0 spiro atoms. The molecule has 2 saturated heterocycles. The van der Waals surface area contributed by atoms with E-state index in [1.165, 1.54) is 4.31 Å². The summed E-state index contributed by atoms with van der Waals surface area (Å²) in [6.07, 6.45) is -6.73. The van der Waals surface area contributed by atoms with Gasteiger partial charge in [0.05, 0.1) is 16.2 Å². The largest absolute Gasteiger partial charge is 0.451 e. The molecule has 3 fully saturated rings. The molecule has 0 radical (unpaired) electrons. The van der Waals surface area contributed by atoms with E-state index in [1.807, 2.05) is 0 Å². The van der Waals surface area contributed by atoms with E-state index in [0.29, 0.717) is 19.0 Å². The van der Waals surface area contributed by atoms with Crippen LogP contribution in [0, 0.1) is 11.7 Å². The lowest BCUT2D eigenvalue weighted by molar-refractivity contribution is -0.145. The second kappa shape index (κ2) is 8.72. The lowest BCUT2D eigenvalue weighted by atomic mass is 9.81. The molecule has 0 N–H and O–H groups in total. The van der Waals surface area contributed by atoms with Crippen LogP contribution in [0.2, 0.25) is 0 Å². The molecule has 1 atom stereocenters. The Balaban J connectivity index is 1.51. The molecule has 6 nitrogen and oxygen atoms in total. The fourth-order valence-corrected chi connectivity index (χ4v) is 6.79. The Hall–Kier alpha value is -3.13. The molecular formula is C23H17F7N4O2S. The summed E-state index contributed by atoms with van der Waals surface area (Å²) >= 11 is 0. The smallest absolute Gasteiger partial charge is 0.255 e. The molecule has 37 heavy (non-hydrogen) atoms. The molecule has 2 aromatic heterocycles. The van der Waals surface area contributed by atoms with Crippen molar-refractivity contribution in [3.63, 3.8) is 0 Å². The second-order valence-electron chi connectivity index (χ2n) is 8.96. The number of fused-ring (bicyclic) bond motifs is 1. The molecule has 3 aliphatic rings. The summed E-state index contributed by atoms with van der Waals surface area (Å²) in [6.45, 7) is 0. The number of hydrogen-bond acceptors (Lipinski definition) is 5. The van der Waals surface area contributed by atoms with Crippen molar-refractivity contribution in [2.24, 2.45) is 5.92 Å². The van der Waals surface area contributed by atoms with Crippen LogP contribution in [0.1, 0.15) is 29.8 Å². The van der Waals surface area contributed by atoms with Gasteiger partial charge in [-0.15, -0.1) is 0 Å². The third-order valence-corrected chi connectivity index (χ3v) is 8.69. The van der Waals surface area contributed by atoms with Crippen LogP contribution in [0.5, 0.6) is 0 Å². The SMILES string of the molecule is O=S(=O)(c1ccc(F)cc1)N1C2CC(C2)C1Cc1cc(-c2cnc(C(F)(F)F)nc2)ncc1C(F)(F)F. The first-order valence-corrected chi connectivity index (χ1v) is 12.4. The van der Waals surface area contributed by atoms with E-state index in [-0.39, 0.29) is 40.1 Å². The van der Waals surface area contributed by atoms with Gasteiger partial charge in [-0.3, -0.25) is 4.98 Å². The van der Waals surface area contributed by atoms with Crippen molar-refractivity contribution in [1.82, 2.24) is 19.3 Å². The molecule has 2 aliphatic heterocycles. The number of halogens is 7. The summed E-state index contributed by atoms with van der Waals surface area (Å²) < 4.78 is 121. The molecule has 3 aromatic rings. The van der Waals surface area contributed by atoms with E-state index in [0.717, 1.165) is 42.7 Å². The minimum Gasteiger partial charge on any atom is -0.255 e. The first kappa shape index (κ1) is 25.5. The van der Waals surface area contributed by atoms with Crippen LogP contribution in [0.15, 0.2) is 53.8 Å². The van der Waals surface area contributed by atoms with Crippen LogP contribution >= 0.6 is 0 Å². The van der Waals surface area contributed by atoms with Crippen molar-refractivity contribution >= 4 is 10.0 Å².